The molecular formula is C13H12N6O3. The number of hydrogen-bond donors (Lipinski definition) is 2. The van der Waals surface area contributed by atoms with E-state index < -0.39 is 11.8 Å². The molecule has 0 bridgehead atoms. The number of rotatable bonds is 5. The van der Waals surface area contributed by atoms with Crippen molar-refractivity contribution in [3.05, 3.63) is 42.4 Å². The predicted octanol–water partition coefficient (Wildman–Crippen LogP) is -0.681. The molecular weight excluding hydrogens is 288 g/mol. The number of nitrogens with zero attached hydrogens (tertiary/aromatic N) is 5. The maximum atomic E-state index is 12.0. The second kappa shape index (κ2) is 5.74. The Labute approximate surface area is 124 Å². The van der Waals surface area contributed by atoms with E-state index >= 15 is 0 Å². The van der Waals surface area contributed by atoms with Gasteiger partial charge in [-0.25, -0.2) is 4.68 Å². The van der Waals surface area contributed by atoms with E-state index in [0.29, 0.717) is 5.69 Å². The van der Waals surface area contributed by atoms with Gasteiger partial charge in [-0.15, -0.1) is 5.10 Å². The van der Waals surface area contributed by atoms with Crippen LogP contribution in [0.2, 0.25) is 0 Å². The molecule has 112 valence electrons. The molecule has 0 radical (unpaired) electrons. The molecule has 2 N–H and O–H groups in total. The van der Waals surface area contributed by atoms with Crippen molar-refractivity contribution >= 4 is 17.5 Å². The third-order valence-electron chi connectivity index (χ3n) is 3.09. The largest absolute Gasteiger partial charge is 0.395 e. The third-order valence-corrected chi connectivity index (χ3v) is 3.09. The lowest BCUT2D eigenvalue weighted by molar-refractivity contribution is -0.137. The first kappa shape index (κ1) is 13.9. The van der Waals surface area contributed by atoms with Crippen LogP contribution >= 0.6 is 0 Å². The molecule has 0 spiro atoms. The van der Waals surface area contributed by atoms with E-state index in [9.17, 15) is 9.59 Å². The summed E-state index contributed by atoms with van der Waals surface area (Å²) in [6.45, 7) is -0.281. The Bertz CT molecular complexity index is 723. The van der Waals surface area contributed by atoms with E-state index in [1.165, 1.54) is 17.1 Å². The molecule has 2 heterocycles. The number of aliphatic hydroxyl groups is 1. The van der Waals surface area contributed by atoms with Gasteiger partial charge in [0.1, 0.15) is 12.0 Å². The number of hydrogen-bond acceptors (Lipinski definition) is 7. The second-order valence-corrected chi connectivity index (χ2v) is 4.50. The fourth-order valence-corrected chi connectivity index (χ4v) is 2.04. The topological polar surface area (TPSA) is 113 Å². The Morgan fingerprint density at radius 3 is 2.59 bits per heavy atom. The van der Waals surface area contributed by atoms with E-state index in [1.54, 1.807) is 24.3 Å². The normalized spacial score (nSPS) is 14.4. The molecule has 2 aromatic rings. The van der Waals surface area contributed by atoms with Crippen LogP contribution in [0, 0.1) is 0 Å². The van der Waals surface area contributed by atoms with Gasteiger partial charge < -0.3 is 10.4 Å². The Hall–Kier alpha value is -3.07. The number of imide groups is 1. The van der Waals surface area contributed by atoms with E-state index in [0.717, 1.165) is 10.6 Å². The highest BCUT2D eigenvalue weighted by molar-refractivity contribution is 6.17. The predicted molar refractivity (Wildman–Crippen MR) is 74.7 cm³/mol. The molecule has 9 heteroatoms. The van der Waals surface area contributed by atoms with E-state index in [4.69, 9.17) is 5.11 Å². The number of carbonyl (C=O) groups excluding carboxylic acids is 2. The third kappa shape index (κ3) is 2.56. The summed E-state index contributed by atoms with van der Waals surface area (Å²) < 4.78 is 1.50. The first-order valence-corrected chi connectivity index (χ1v) is 6.48. The molecule has 2 amide bonds. The summed E-state index contributed by atoms with van der Waals surface area (Å²) in [5.41, 5.74) is 1.59. The summed E-state index contributed by atoms with van der Waals surface area (Å²) in [4.78, 5) is 24.6. The molecule has 0 atom stereocenters. The van der Waals surface area contributed by atoms with Crippen molar-refractivity contribution in [3.63, 3.8) is 0 Å². The summed E-state index contributed by atoms with van der Waals surface area (Å²) >= 11 is 0. The molecule has 1 aliphatic rings. The highest BCUT2D eigenvalue weighted by Crippen LogP contribution is 2.18. The van der Waals surface area contributed by atoms with Crippen molar-refractivity contribution in [2.75, 3.05) is 18.5 Å². The van der Waals surface area contributed by atoms with Crippen LogP contribution in [0.15, 0.2) is 42.4 Å². The van der Waals surface area contributed by atoms with Gasteiger partial charge in [-0.3, -0.25) is 14.5 Å². The Balaban J connectivity index is 1.73. The average molecular weight is 300 g/mol. The summed E-state index contributed by atoms with van der Waals surface area (Å²) in [6.07, 6.45) is 2.68. The molecule has 0 unspecified atom stereocenters. The van der Waals surface area contributed by atoms with Gasteiger partial charge in [0, 0.05) is 11.8 Å². The van der Waals surface area contributed by atoms with E-state index in [1.807, 2.05) is 0 Å². The van der Waals surface area contributed by atoms with Gasteiger partial charge in [0.25, 0.3) is 11.8 Å². The van der Waals surface area contributed by atoms with Gasteiger partial charge in [0.05, 0.1) is 18.8 Å². The molecule has 3 rings (SSSR count). The first-order valence-electron chi connectivity index (χ1n) is 6.48. The van der Waals surface area contributed by atoms with Crippen LogP contribution in [-0.4, -0.2) is 55.2 Å². The minimum atomic E-state index is -0.455. The van der Waals surface area contributed by atoms with Crippen molar-refractivity contribution in [2.24, 2.45) is 0 Å². The Morgan fingerprint density at radius 1 is 1.18 bits per heavy atom. The minimum Gasteiger partial charge on any atom is -0.395 e. The van der Waals surface area contributed by atoms with Crippen molar-refractivity contribution in [1.82, 2.24) is 25.1 Å². The lowest BCUT2D eigenvalue weighted by Gasteiger charge is -2.13. The molecule has 0 saturated carbocycles. The zero-order valence-corrected chi connectivity index (χ0v) is 11.4. The van der Waals surface area contributed by atoms with Crippen LogP contribution in [0.1, 0.15) is 0 Å². The highest BCUT2D eigenvalue weighted by atomic mass is 16.3. The maximum Gasteiger partial charge on any atom is 0.277 e. The monoisotopic (exact) mass is 300 g/mol. The molecule has 22 heavy (non-hydrogen) atoms. The van der Waals surface area contributed by atoms with Gasteiger partial charge >= 0.3 is 0 Å². The molecule has 0 aliphatic carbocycles. The van der Waals surface area contributed by atoms with Crippen molar-refractivity contribution < 1.29 is 14.7 Å². The van der Waals surface area contributed by atoms with Gasteiger partial charge in [0.2, 0.25) is 0 Å². The van der Waals surface area contributed by atoms with Crippen LogP contribution < -0.4 is 5.32 Å². The van der Waals surface area contributed by atoms with Gasteiger partial charge in [-0.2, -0.15) is 0 Å². The molecule has 1 aliphatic heterocycles. The number of aliphatic hydroxyl groups excluding tert-OH is 1. The summed E-state index contributed by atoms with van der Waals surface area (Å²) in [5.74, 6) is -0.893. The smallest absolute Gasteiger partial charge is 0.277 e. The highest BCUT2D eigenvalue weighted by Gasteiger charge is 2.30. The van der Waals surface area contributed by atoms with E-state index in [-0.39, 0.29) is 18.8 Å². The summed E-state index contributed by atoms with van der Waals surface area (Å²) in [7, 11) is 0. The van der Waals surface area contributed by atoms with Crippen LogP contribution in [0.3, 0.4) is 0 Å². The van der Waals surface area contributed by atoms with Gasteiger partial charge in [-0.05, 0) is 34.7 Å². The summed E-state index contributed by atoms with van der Waals surface area (Å²) in [6, 6.07) is 7.02. The van der Waals surface area contributed by atoms with Crippen LogP contribution in [0.4, 0.5) is 5.69 Å². The zero-order chi connectivity index (χ0) is 15.5. The second-order valence-electron chi connectivity index (χ2n) is 4.50. The summed E-state index contributed by atoms with van der Waals surface area (Å²) in [5, 5.41) is 22.6. The number of anilines is 1. The van der Waals surface area contributed by atoms with Crippen LogP contribution in [-0.2, 0) is 9.59 Å². The molecule has 0 fully saturated rings. The molecule has 1 aromatic carbocycles. The maximum absolute atomic E-state index is 12.0. The number of aromatic nitrogens is 4. The molecule has 1 aromatic heterocycles. The number of benzene rings is 1. The number of tetrazole rings is 1. The Morgan fingerprint density at radius 2 is 1.95 bits per heavy atom. The number of carbonyl (C=O) groups is 2. The van der Waals surface area contributed by atoms with Crippen molar-refractivity contribution in [1.29, 1.82) is 0 Å². The minimum absolute atomic E-state index is 0.0163. The fourth-order valence-electron chi connectivity index (χ4n) is 2.04. The number of amides is 2. The zero-order valence-electron chi connectivity index (χ0n) is 11.4. The first-order chi connectivity index (χ1) is 10.7. The van der Waals surface area contributed by atoms with Crippen LogP contribution in [0.25, 0.3) is 5.69 Å². The quantitative estimate of drug-likeness (QED) is 0.703. The SMILES string of the molecule is O=C1C=C(Nc2ccc(-n3cnnn3)cc2)C(=O)N1CCO. The Kier molecular flexibility index (Phi) is 3.62. The van der Waals surface area contributed by atoms with Gasteiger partial charge in [0.15, 0.2) is 0 Å². The van der Waals surface area contributed by atoms with Crippen molar-refractivity contribution in [2.45, 2.75) is 0 Å². The molecule has 9 nitrogen and oxygen atoms in total. The standard InChI is InChI=1S/C13H12N6O3/c20-6-5-18-12(21)7-11(13(18)22)15-9-1-3-10(4-2-9)19-8-14-16-17-19/h1-4,7-8,15,20H,5-6H2. The fraction of sp³-hybridized carbons (Fsp3) is 0.154. The number of nitrogens with one attached hydrogen (secondary N) is 1. The lowest BCUT2D eigenvalue weighted by atomic mass is 10.2. The molecule has 0 saturated heterocycles. The van der Waals surface area contributed by atoms with Gasteiger partial charge in [-0.1, -0.05) is 0 Å². The lowest BCUT2D eigenvalue weighted by Crippen LogP contribution is -2.34. The number of β-amino-alcohol motifs (C(OH)–C–C–N with tert-alkyl or cyclic N) is 1. The average Bonchev–Trinajstić information content (AvgIpc) is 3.13. The van der Waals surface area contributed by atoms with E-state index in [2.05, 4.69) is 20.8 Å². The van der Waals surface area contributed by atoms with Crippen molar-refractivity contribution in [3.8, 4) is 5.69 Å². The van der Waals surface area contributed by atoms with Crippen LogP contribution in [0.5, 0.6) is 0 Å².